The first-order valence-electron chi connectivity index (χ1n) is 11.7. The smallest absolute Gasteiger partial charge is 0.271 e. The lowest BCUT2D eigenvalue weighted by molar-refractivity contribution is -0.384. The molecule has 5 rings (SSSR count). The van der Waals surface area contributed by atoms with Crippen LogP contribution in [0, 0.1) is 16.0 Å². The summed E-state index contributed by atoms with van der Waals surface area (Å²) in [7, 11) is 0. The van der Waals surface area contributed by atoms with E-state index in [2.05, 4.69) is 12.2 Å². The van der Waals surface area contributed by atoms with Gasteiger partial charge in [-0.05, 0) is 48.9 Å². The number of aromatic nitrogens is 2. The van der Waals surface area contributed by atoms with Crippen LogP contribution in [0.5, 0.6) is 0 Å². The number of carbonyl (C=O) groups excluding carboxylic acids is 1. The minimum atomic E-state index is -0.508. The van der Waals surface area contributed by atoms with E-state index in [9.17, 15) is 19.7 Å². The molecule has 36 heavy (non-hydrogen) atoms. The van der Waals surface area contributed by atoms with Gasteiger partial charge in [-0.3, -0.25) is 24.3 Å². The molecule has 184 valence electrons. The zero-order valence-electron chi connectivity index (χ0n) is 19.6. The maximum atomic E-state index is 13.8. The molecule has 0 bridgehead atoms. The molecule has 1 aliphatic carbocycles. The Kier molecular flexibility index (Phi) is 6.88. The van der Waals surface area contributed by atoms with E-state index in [1.54, 1.807) is 22.0 Å². The Bertz CT molecular complexity index is 1510. The standard InChI is InChI=1S/C26H24N4O4S2/c1-2-16-11-12-20-21(13-16)36-24-23(20)25(32)29(18-8-4-3-5-9-18)26(28-24)35-15-22(31)27-17-7-6-10-19(14-17)30(33)34/h3-10,14,16H,2,11-13,15H2,1H3,(H,27,31)/t16-/m1/s1. The minimum Gasteiger partial charge on any atom is -0.325 e. The van der Waals surface area contributed by atoms with Crippen LogP contribution in [0.2, 0.25) is 0 Å². The van der Waals surface area contributed by atoms with Gasteiger partial charge in [0.15, 0.2) is 5.16 Å². The van der Waals surface area contributed by atoms with Gasteiger partial charge in [0.25, 0.3) is 11.2 Å². The molecule has 2 aromatic heterocycles. The topological polar surface area (TPSA) is 107 Å². The Morgan fingerprint density at radius 3 is 2.81 bits per heavy atom. The van der Waals surface area contributed by atoms with Crippen LogP contribution >= 0.6 is 23.1 Å². The highest BCUT2D eigenvalue weighted by atomic mass is 32.2. The van der Waals surface area contributed by atoms with Gasteiger partial charge in [-0.25, -0.2) is 4.98 Å². The number of non-ortho nitro benzene ring substituents is 1. The Balaban J connectivity index is 1.48. The van der Waals surface area contributed by atoms with Gasteiger partial charge in [0.05, 0.1) is 21.7 Å². The van der Waals surface area contributed by atoms with Gasteiger partial charge in [-0.2, -0.15) is 0 Å². The minimum absolute atomic E-state index is 0.00350. The monoisotopic (exact) mass is 520 g/mol. The van der Waals surface area contributed by atoms with Crippen LogP contribution in [0.4, 0.5) is 11.4 Å². The molecule has 2 heterocycles. The van der Waals surface area contributed by atoms with E-state index in [0.717, 1.165) is 36.1 Å². The molecule has 0 saturated carbocycles. The molecule has 0 fully saturated rings. The average Bonchev–Trinajstić information content (AvgIpc) is 3.26. The van der Waals surface area contributed by atoms with Crippen LogP contribution in [0.25, 0.3) is 15.9 Å². The van der Waals surface area contributed by atoms with Crippen LogP contribution in [0.3, 0.4) is 0 Å². The molecule has 1 aliphatic rings. The number of nitrogens with zero attached hydrogens (tertiary/aromatic N) is 3. The molecular formula is C26H24N4O4S2. The molecule has 0 unspecified atom stereocenters. The molecule has 0 radical (unpaired) electrons. The number of thiophene rings is 1. The zero-order valence-corrected chi connectivity index (χ0v) is 21.2. The van der Waals surface area contributed by atoms with E-state index in [0.29, 0.717) is 27.8 Å². The van der Waals surface area contributed by atoms with Crippen molar-refractivity contribution in [2.75, 3.05) is 11.1 Å². The third-order valence-electron chi connectivity index (χ3n) is 6.42. The number of benzene rings is 2. The van der Waals surface area contributed by atoms with Crippen LogP contribution < -0.4 is 10.9 Å². The van der Waals surface area contributed by atoms with Crippen molar-refractivity contribution in [2.24, 2.45) is 5.92 Å². The van der Waals surface area contributed by atoms with Crippen LogP contribution in [0.15, 0.2) is 64.5 Å². The second-order valence-electron chi connectivity index (χ2n) is 8.72. The summed E-state index contributed by atoms with van der Waals surface area (Å²) in [4.78, 5) is 43.8. The number of thioether (sulfide) groups is 1. The van der Waals surface area contributed by atoms with Gasteiger partial charge in [-0.1, -0.05) is 49.4 Å². The second-order valence-corrected chi connectivity index (χ2v) is 10.7. The predicted octanol–water partition coefficient (Wildman–Crippen LogP) is 5.60. The summed E-state index contributed by atoms with van der Waals surface area (Å²) < 4.78 is 1.59. The van der Waals surface area contributed by atoms with Gasteiger partial charge in [0, 0.05) is 22.7 Å². The summed E-state index contributed by atoms with van der Waals surface area (Å²) in [6, 6.07) is 15.1. The molecular weight excluding hydrogens is 496 g/mol. The van der Waals surface area contributed by atoms with Crippen molar-refractivity contribution >= 4 is 50.6 Å². The number of aryl methyl sites for hydroxylation is 1. The molecule has 1 N–H and O–H groups in total. The summed E-state index contributed by atoms with van der Waals surface area (Å²) in [5.74, 6) is 0.287. The number of nitro groups is 1. The Labute approximate surface area is 215 Å². The lowest BCUT2D eigenvalue weighted by Gasteiger charge is -2.20. The fourth-order valence-electron chi connectivity index (χ4n) is 4.55. The third-order valence-corrected chi connectivity index (χ3v) is 8.51. The van der Waals surface area contributed by atoms with Gasteiger partial charge in [0.1, 0.15) is 4.83 Å². The summed E-state index contributed by atoms with van der Waals surface area (Å²) in [6.45, 7) is 2.21. The summed E-state index contributed by atoms with van der Waals surface area (Å²) in [5, 5.41) is 14.8. The molecule has 1 amide bonds. The molecule has 1 atom stereocenters. The van der Waals surface area contributed by atoms with Crippen molar-refractivity contribution in [3.05, 3.63) is 85.5 Å². The number of rotatable bonds is 7. The van der Waals surface area contributed by atoms with Crippen molar-refractivity contribution in [1.29, 1.82) is 0 Å². The SMILES string of the molecule is CC[C@@H]1CCc2c(sc3nc(SCC(=O)Nc4cccc([N+](=O)[O-])c4)n(-c4ccccc4)c(=O)c23)C1. The molecule has 8 nitrogen and oxygen atoms in total. The van der Waals surface area contributed by atoms with E-state index >= 15 is 0 Å². The second kappa shape index (κ2) is 10.2. The highest BCUT2D eigenvalue weighted by Crippen LogP contribution is 2.38. The number of nitro benzene ring substituents is 1. The number of nitrogens with one attached hydrogen (secondary N) is 1. The van der Waals surface area contributed by atoms with Gasteiger partial charge >= 0.3 is 0 Å². The van der Waals surface area contributed by atoms with Gasteiger partial charge in [0.2, 0.25) is 5.91 Å². The van der Waals surface area contributed by atoms with Crippen LogP contribution in [-0.2, 0) is 17.6 Å². The molecule has 4 aromatic rings. The first kappa shape index (κ1) is 24.2. The van der Waals surface area contributed by atoms with Crippen molar-refractivity contribution in [2.45, 2.75) is 37.8 Å². The van der Waals surface area contributed by atoms with E-state index in [1.165, 1.54) is 34.8 Å². The quantitative estimate of drug-likeness (QED) is 0.147. The summed E-state index contributed by atoms with van der Waals surface area (Å²) in [5.41, 5.74) is 1.95. The Morgan fingerprint density at radius 2 is 2.06 bits per heavy atom. The molecule has 0 saturated heterocycles. The highest BCUT2D eigenvalue weighted by Gasteiger charge is 2.26. The summed E-state index contributed by atoms with van der Waals surface area (Å²) >= 11 is 2.76. The predicted molar refractivity (Wildman–Crippen MR) is 143 cm³/mol. The number of fused-ring (bicyclic) bond motifs is 3. The summed E-state index contributed by atoms with van der Waals surface area (Å²) in [6.07, 6.45) is 4.06. The van der Waals surface area contributed by atoms with Crippen molar-refractivity contribution in [1.82, 2.24) is 9.55 Å². The number of carbonyl (C=O) groups is 1. The van der Waals surface area contributed by atoms with E-state index in [-0.39, 0.29) is 22.9 Å². The number of hydrogen-bond acceptors (Lipinski definition) is 7. The first-order valence-corrected chi connectivity index (χ1v) is 13.5. The van der Waals surface area contributed by atoms with E-state index < -0.39 is 4.92 Å². The van der Waals surface area contributed by atoms with E-state index in [4.69, 9.17) is 4.98 Å². The third kappa shape index (κ3) is 4.78. The lowest BCUT2D eigenvalue weighted by atomic mass is 9.86. The number of anilines is 1. The largest absolute Gasteiger partial charge is 0.325 e. The van der Waals surface area contributed by atoms with Gasteiger partial charge in [-0.15, -0.1) is 11.3 Å². The Morgan fingerprint density at radius 1 is 1.25 bits per heavy atom. The maximum absolute atomic E-state index is 13.8. The van der Waals surface area contributed by atoms with Crippen molar-refractivity contribution in [3.8, 4) is 5.69 Å². The fourth-order valence-corrected chi connectivity index (χ4v) is 6.74. The normalized spacial score (nSPS) is 15.0. The van der Waals surface area contributed by atoms with E-state index in [1.807, 2.05) is 30.3 Å². The fraction of sp³-hybridized carbons (Fsp3) is 0.269. The molecule has 2 aromatic carbocycles. The molecule has 0 aliphatic heterocycles. The highest BCUT2D eigenvalue weighted by molar-refractivity contribution is 7.99. The number of amides is 1. The zero-order chi connectivity index (χ0) is 25.2. The van der Waals surface area contributed by atoms with Gasteiger partial charge < -0.3 is 5.32 Å². The first-order chi connectivity index (χ1) is 17.4. The number of hydrogen-bond donors (Lipinski definition) is 1. The maximum Gasteiger partial charge on any atom is 0.271 e. The Hall–Kier alpha value is -3.50. The lowest BCUT2D eigenvalue weighted by Crippen LogP contribution is -2.23. The van der Waals surface area contributed by atoms with Crippen LogP contribution in [0.1, 0.15) is 30.2 Å². The average molecular weight is 521 g/mol. The van der Waals surface area contributed by atoms with Crippen LogP contribution in [-0.4, -0.2) is 26.1 Å². The molecule has 0 spiro atoms. The number of para-hydroxylation sites is 1. The molecule has 10 heteroatoms. The van der Waals surface area contributed by atoms with Crippen molar-refractivity contribution < 1.29 is 9.72 Å². The van der Waals surface area contributed by atoms with Crippen molar-refractivity contribution in [3.63, 3.8) is 0 Å².